The quantitative estimate of drug-likeness (QED) is 0.420. The number of hydrogen-bond acceptors (Lipinski definition) is 6. The fraction of sp³-hybridized carbons (Fsp3) is 0.846. The SMILES string of the molecule is CC(COC(=O)CCl)OCC(C)OCC(C)OC(=O)CCl. The predicted molar refractivity (Wildman–Crippen MR) is 78.8 cm³/mol. The van der Waals surface area contributed by atoms with Crippen LogP contribution in [0.3, 0.4) is 0 Å². The van der Waals surface area contributed by atoms with Crippen molar-refractivity contribution >= 4 is 35.1 Å². The summed E-state index contributed by atoms with van der Waals surface area (Å²) in [6, 6.07) is 0. The summed E-state index contributed by atoms with van der Waals surface area (Å²) in [5.41, 5.74) is 0. The fourth-order valence-electron chi connectivity index (χ4n) is 1.23. The largest absolute Gasteiger partial charge is 0.462 e. The van der Waals surface area contributed by atoms with Gasteiger partial charge in [-0.15, -0.1) is 23.2 Å². The van der Waals surface area contributed by atoms with E-state index in [9.17, 15) is 9.59 Å². The summed E-state index contributed by atoms with van der Waals surface area (Å²) in [6.45, 7) is 6.04. The molecule has 0 saturated carbocycles. The molecule has 6 nitrogen and oxygen atoms in total. The number of carbonyl (C=O) groups excluding carboxylic acids is 2. The Kier molecular flexibility index (Phi) is 11.7. The Hall–Kier alpha value is -0.560. The van der Waals surface area contributed by atoms with E-state index in [0.717, 1.165) is 0 Å². The summed E-state index contributed by atoms with van der Waals surface area (Å²) >= 11 is 10.6. The monoisotopic (exact) mass is 344 g/mol. The topological polar surface area (TPSA) is 71.1 Å². The highest BCUT2D eigenvalue weighted by Crippen LogP contribution is 2.01. The first-order valence-corrected chi connectivity index (χ1v) is 7.66. The zero-order valence-electron chi connectivity index (χ0n) is 12.5. The Morgan fingerprint density at radius 3 is 1.81 bits per heavy atom. The van der Waals surface area contributed by atoms with Crippen LogP contribution in [0.5, 0.6) is 0 Å². The lowest BCUT2D eigenvalue weighted by atomic mass is 10.4. The van der Waals surface area contributed by atoms with Crippen LogP contribution in [0, 0.1) is 0 Å². The summed E-state index contributed by atoms with van der Waals surface area (Å²) in [7, 11) is 0. The van der Waals surface area contributed by atoms with Crippen molar-refractivity contribution in [2.24, 2.45) is 0 Å². The molecule has 0 saturated heterocycles. The van der Waals surface area contributed by atoms with Gasteiger partial charge < -0.3 is 18.9 Å². The molecular formula is C13H22Cl2O6. The number of esters is 2. The van der Waals surface area contributed by atoms with E-state index in [0.29, 0.717) is 6.61 Å². The van der Waals surface area contributed by atoms with Crippen LogP contribution in [0.15, 0.2) is 0 Å². The lowest BCUT2D eigenvalue weighted by molar-refractivity contribution is -0.151. The third-order valence-corrected chi connectivity index (χ3v) is 2.70. The van der Waals surface area contributed by atoms with Crippen molar-refractivity contribution in [2.75, 3.05) is 31.6 Å². The molecule has 0 N–H and O–H groups in total. The van der Waals surface area contributed by atoms with Crippen LogP contribution in [-0.4, -0.2) is 61.8 Å². The molecule has 0 aromatic rings. The highest BCUT2D eigenvalue weighted by Gasteiger charge is 2.13. The standard InChI is InChI=1S/C13H22Cl2O6/c1-9(19-8-11(3)21-13(17)5-15)6-18-10(2)7-20-12(16)4-14/h9-11H,4-8H2,1-3H3. The molecule has 21 heavy (non-hydrogen) atoms. The van der Waals surface area contributed by atoms with E-state index in [-0.39, 0.29) is 43.3 Å². The molecule has 0 aromatic heterocycles. The van der Waals surface area contributed by atoms with E-state index in [2.05, 4.69) is 0 Å². The van der Waals surface area contributed by atoms with E-state index < -0.39 is 11.9 Å². The molecule has 3 unspecified atom stereocenters. The zero-order chi connectivity index (χ0) is 16.3. The smallest absolute Gasteiger partial charge is 0.321 e. The minimum Gasteiger partial charge on any atom is -0.462 e. The van der Waals surface area contributed by atoms with Crippen molar-refractivity contribution in [1.29, 1.82) is 0 Å². The Bertz CT molecular complexity index is 313. The summed E-state index contributed by atoms with van der Waals surface area (Å²) in [6.07, 6.45) is -0.816. The molecule has 0 aliphatic carbocycles. The van der Waals surface area contributed by atoms with Gasteiger partial charge in [-0.1, -0.05) is 0 Å². The molecule has 0 aliphatic rings. The van der Waals surface area contributed by atoms with Crippen LogP contribution in [0.25, 0.3) is 0 Å². The zero-order valence-corrected chi connectivity index (χ0v) is 14.0. The molecule has 3 atom stereocenters. The average Bonchev–Trinajstić information content (AvgIpc) is 2.47. The van der Waals surface area contributed by atoms with Crippen molar-refractivity contribution in [3.8, 4) is 0 Å². The Morgan fingerprint density at radius 1 is 0.810 bits per heavy atom. The minimum absolute atomic E-state index is 0.141. The van der Waals surface area contributed by atoms with E-state index >= 15 is 0 Å². The highest BCUT2D eigenvalue weighted by atomic mass is 35.5. The van der Waals surface area contributed by atoms with Crippen LogP contribution in [0.1, 0.15) is 20.8 Å². The third-order valence-electron chi connectivity index (χ3n) is 2.26. The first-order chi connectivity index (χ1) is 9.88. The Labute approximate surface area is 135 Å². The molecule has 0 heterocycles. The van der Waals surface area contributed by atoms with E-state index in [1.165, 1.54) is 0 Å². The lowest BCUT2D eigenvalue weighted by Gasteiger charge is -2.19. The minimum atomic E-state index is -0.480. The molecular weight excluding hydrogens is 323 g/mol. The van der Waals surface area contributed by atoms with Gasteiger partial charge in [-0.2, -0.15) is 0 Å². The lowest BCUT2D eigenvalue weighted by Crippen LogP contribution is -2.28. The van der Waals surface area contributed by atoms with E-state index in [1.807, 2.05) is 6.92 Å². The maximum absolute atomic E-state index is 10.9. The molecule has 0 radical (unpaired) electrons. The molecule has 8 heteroatoms. The predicted octanol–water partition coefficient (Wildman–Crippen LogP) is 1.75. The number of rotatable bonds is 11. The van der Waals surface area contributed by atoms with Crippen molar-refractivity contribution < 1.29 is 28.5 Å². The number of halogens is 2. The van der Waals surface area contributed by atoms with Crippen LogP contribution in [0.2, 0.25) is 0 Å². The van der Waals surface area contributed by atoms with Gasteiger partial charge in [-0.05, 0) is 20.8 Å². The van der Waals surface area contributed by atoms with Crippen molar-refractivity contribution in [1.82, 2.24) is 0 Å². The molecule has 0 aliphatic heterocycles. The number of alkyl halides is 2. The molecule has 0 aromatic carbocycles. The maximum Gasteiger partial charge on any atom is 0.321 e. The maximum atomic E-state index is 10.9. The van der Waals surface area contributed by atoms with Gasteiger partial charge in [-0.3, -0.25) is 9.59 Å². The number of hydrogen-bond donors (Lipinski definition) is 0. The summed E-state index contributed by atoms with van der Waals surface area (Å²) < 4.78 is 20.7. The first kappa shape index (κ1) is 20.4. The van der Waals surface area contributed by atoms with Crippen molar-refractivity contribution in [3.05, 3.63) is 0 Å². The summed E-state index contributed by atoms with van der Waals surface area (Å²) in [5.74, 6) is -1.31. The van der Waals surface area contributed by atoms with Gasteiger partial charge in [0.15, 0.2) is 0 Å². The van der Waals surface area contributed by atoms with Gasteiger partial charge in [-0.25, -0.2) is 0 Å². The van der Waals surface area contributed by atoms with Crippen molar-refractivity contribution in [3.63, 3.8) is 0 Å². The van der Waals surface area contributed by atoms with Gasteiger partial charge in [0.25, 0.3) is 0 Å². The second kappa shape index (κ2) is 12.0. The number of carbonyl (C=O) groups is 2. The fourth-order valence-corrected chi connectivity index (χ4v) is 1.37. The molecule has 0 fully saturated rings. The Morgan fingerprint density at radius 2 is 1.29 bits per heavy atom. The summed E-state index contributed by atoms with van der Waals surface area (Å²) in [4.78, 5) is 21.8. The van der Waals surface area contributed by atoms with Crippen LogP contribution in [0.4, 0.5) is 0 Å². The first-order valence-electron chi connectivity index (χ1n) is 6.59. The Balaban J connectivity index is 3.72. The van der Waals surface area contributed by atoms with E-state index in [4.69, 9.17) is 42.1 Å². The molecule has 0 bridgehead atoms. The highest BCUT2D eigenvalue weighted by molar-refractivity contribution is 6.26. The molecule has 0 amide bonds. The second-order valence-corrected chi connectivity index (χ2v) is 5.07. The molecule has 0 rings (SSSR count). The summed E-state index contributed by atoms with van der Waals surface area (Å²) in [5, 5.41) is 0. The average molecular weight is 345 g/mol. The van der Waals surface area contributed by atoms with Crippen molar-refractivity contribution in [2.45, 2.75) is 39.1 Å². The third kappa shape index (κ3) is 11.7. The van der Waals surface area contributed by atoms with Crippen LogP contribution < -0.4 is 0 Å². The van der Waals surface area contributed by atoms with E-state index in [1.54, 1.807) is 13.8 Å². The number of ether oxygens (including phenoxy) is 4. The van der Waals surface area contributed by atoms with Gasteiger partial charge in [0.2, 0.25) is 0 Å². The van der Waals surface area contributed by atoms with Crippen LogP contribution >= 0.6 is 23.2 Å². The molecule has 0 spiro atoms. The normalized spacial score (nSPS) is 15.1. The van der Waals surface area contributed by atoms with Gasteiger partial charge in [0.05, 0.1) is 25.4 Å². The van der Waals surface area contributed by atoms with Gasteiger partial charge >= 0.3 is 11.9 Å². The molecule has 124 valence electrons. The van der Waals surface area contributed by atoms with Gasteiger partial charge in [0.1, 0.15) is 24.5 Å². The second-order valence-electron chi connectivity index (χ2n) is 4.54. The van der Waals surface area contributed by atoms with Gasteiger partial charge in [0, 0.05) is 0 Å². The van der Waals surface area contributed by atoms with Crippen LogP contribution in [-0.2, 0) is 28.5 Å².